The first kappa shape index (κ1) is 25.9. The number of hydrogen-bond donors (Lipinski definition) is 2. The van der Waals surface area contributed by atoms with Crippen molar-refractivity contribution < 1.29 is 29.1 Å². The molecule has 1 saturated carbocycles. The Morgan fingerprint density at radius 3 is 2.51 bits per heavy atom. The third kappa shape index (κ3) is 3.18. The highest BCUT2D eigenvalue weighted by molar-refractivity contribution is 9.09. The first-order valence-electron chi connectivity index (χ1n) is 11.5. The first-order chi connectivity index (χ1) is 17.4. The Kier molecular flexibility index (Phi) is 6.08. The van der Waals surface area contributed by atoms with E-state index in [0.717, 1.165) is 4.90 Å². The van der Waals surface area contributed by atoms with Gasteiger partial charge >= 0.3 is 6.03 Å². The van der Waals surface area contributed by atoms with E-state index >= 15 is 0 Å². The van der Waals surface area contributed by atoms with E-state index in [2.05, 4.69) is 22.5 Å². The molecule has 2 saturated heterocycles. The van der Waals surface area contributed by atoms with E-state index in [1.54, 1.807) is 30.4 Å². The van der Waals surface area contributed by atoms with Crippen molar-refractivity contribution in [3.8, 4) is 5.75 Å². The third-order valence-corrected chi connectivity index (χ3v) is 9.98. The number of fused-ring (bicyclic) bond motifs is 4. The SMILES string of the molecule is C=CCc1cccc(C2C3=CCC4C(=O)N(C(N)=O)C(=O)C4C3CC3(Cl)C(=O)N(CBr)C(=O)C23Cl)c1O. The molecule has 0 aromatic heterocycles. The van der Waals surface area contributed by atoms with E-state index < -0.39 is 63.1 Å². The molecule has 1 aromatic carbocycles. The molecule has 0 spiro atoms. The molecule has 2 heterocycles. The number of carbonyl (C=O) groups is 5. The van der Waals surface area contributed by atoms with Crippen LogP contribution in [0, 0.1) is 17.8 Å². The van der Waals surface area contributed by atoms with Gasteiger partial charge in [-0.25, -0.2) is 4.79 Å². The highest BCUT2D eigenvalue weighted by Gasteiger charge is 2.76. The van der Waals surface area contributed by atoms with Crippen molar-refractivity contribution in [2.24, 2.45) is 23.5 Å². The van der Waals surface area contributed by atoms with E-state index in [-0.39, 0.29) is 29.6 Å². The highest BCUT2D eigenvalue weighted by Crippen LogP contribution is 2.66. The van der Waals surface area contributed by atoms with Crippen molar-refractivity contribution in [2.45, 2.75) is 34.9 Å². The summed E-state index contributed by atoms with van der Waals surface area (Å²) >= 11 is 17.4. The van der Waals surface area contributed by atoms with Gasteiger partial charge in [0.2, 0.25) is 11.8 Å². The number of nitrogens with zero attached hydrogens (tertiary/aromatic N) is 2. The second kappa shape index (κ2) is 8.68. The van der Waals surface area contributed by atoms with Crippen molar-refractivity contribution in [3.63, 3.8) is 0 Å². The van der Waals surface area contributed by atoms with E-state index in [9.17, 15) is 29.1 Å². The van der Waals surface area contributed by atoms with Crippen LogP contribution in [0.15, 0.2) is 42.5 Å². The Morgan fingerprint density at radius 2 is 1.89 bits per heavy atom. The summed E-state index contributed by atoms with van der Waals surface area (Å²) in [7, 11) is 0. The van der Waals surface area contributed by atoms with Crippen molar-refractivity contribution >= 4 is 68.8 Å². The summed E-state index contributed by atoms with van der Waals surface area (Å²) < 4.78 is 0. The zero-order valence-electron chi connectivity index (χ0n) is 19.3. The van der Waals surface area contributed by atoms with Crippen molar-refractivity contribution in [3.05, 3.63) is 53.6 Å². The molecule has 9 nitrogen and oxygen atoms in total. The van der Waals surface area contributed by atoms with Crippen LogP contribution in [-0.4, -0.2) is 59.8 Å². The van der Waals surface area contributed by atoms with Gasteiger partial charge in [-0.1, -0.05) is 51.9 Å². The molecule has 3 N–H and O–H groups in total. The number of phenols is 1. The molecule has 12 heteroatoms. The highest BCUT2D eigenvalue weighted by atomic mass is 79.9. The molecule has 2 aliphatic carbocycles. The summed E-state index contributed by atoms with van der Waals surface area (Å²) in [6.45, 7) is 3.71. The minimum Gasteiger partial charge on any atom is -0.507 e. The molecular weight excluding hydrogens is 589 g/mol. The largest absolute Gasteiger partial charge is 0.507 e. The normalized spacial score (nSPS) is 34.7. The number of allylic oxidation sites excluding steroid dienone is 3. The number of para-hydroxylation sites is 1. The van der Waals surface area contributed by atoms with Crippen molar-refractivity contribution in [2.75, 3.05) is 5.45 Å². The fourth-order valence-electron chi connectivity index (χ4n) is 6.48. The maximum absolute atomic E-state index is 13.7. The van der Waals surface area contributed by atoms with Crippen LogP contribution >= 0.6 is 39.1 Å². The lowest BCUT2D eigenvalue weighted by Gasteiger charge is -2.50. The van der Waals surface area contributed by atoms with Crippen molar-refractivity contribution in [1.29, 1.82) is 0 Å². The van der Waals surface area contributed by atoms with Crippen LogP contribution < -0.4 is 5.73 Å². The summed E-state index contributed by atoms with van der Waals surface area (Å²) in [6, 6.07) is 3.78. The third-order valence-electron chi connectivity index (χ3n) is 8.06. The molecule has 6 atom stereocenters. The Balaban J connectivity index is 1.76. The maximum atomic E-state index is 13.7. The average molecular weight is 611 g/mol. The quantitative estimate of drug-likeness (QED) is 0.233. The topological polar surface area (TPSA) is 138 Å². The lowest BCUT2D eigenvalue weighted by atomic mass is 9.56. The van der Waals surface area contributed by atoms with Gasteiger partial charge in [-0.15, -0.1) is 29.8 Å². The van der Waals surface area contributed by atoms with Crippen LogP contribution in [0.25, 0.3) is 0 Å². The molecule has 0 bridgehead atoms. The van der Waals surface area contributed by atoms with E-state index in [1.807, 2.05) is 0 Å². The standard InChI is InChI=1S/C25H22BrCl2N3O6/c1-2-4-11-5-3-6-14(18(11)32)17-12-7-8-13-16(20(34)31(19(13)33)23(29)37)15(12)9-24(27)21(35)30(10-26)22(36)25(17,24)28/h2-3,5-7,13,15-17,32H,1,4,8-10H2,(H2,29,37). The lowest BCUT2D eigenvalue weighted by molar-refractivity contribution is -0.139. The monoisotopic (exact) mass is 609 g/mol. The number of amides is 6. The molecule has 6 unspecified atom stereocenters. The molecule has 3 fully saturated rings. The van der Waals surface area contributed by atoms with Gasteiger partial charge in [0.1, 0.15) is 5.75 Å². The maximum Gasteiger partial charge on any atom is 0.328 e. The second-order valence-corrected chi connectivity index (χ2v) is 11.4. The molecule has 37 heavy (non-hydrogen) atoms. The Labute approximate surface area is 230 Å². The number of phenolic OH excluding ortho intramolecular Hbond substituents is 1. The van der Waals surface area contributed by atoms with Gasteiger partial charge in [-0.2, -0.15) is 4.90 Å². The predicted molar refractivity (Wildman–Crippen MR) is 137 cm³/mol. The van der Waals surface area contributed by atoms with Gasteiger partial charge in [0.15, 0.2) is 9.75 Å². The molecule has 194 valence electrons. The smallest absolute Gasteiger partial charge is 0.328 e. The summed E-state index contributed by atoms with van der Waals surface area (Å²) in [6.07, 6.45) is 3.49. The van der Waals surface area contributed by atoms with Gasteiger partial charge in [-0.3, -0.25) is 24.1 Å². The summed E-state index contributed by atoms with van der Waals surface area (Å²) in [5.41, 5.74) is 6.44. The summed E-state index contributed by atoms with van der Waals surface area (Å²) in [5, 5.41) is 11.3. The molecule has 2 aliphatic heterocycles. The van der Waals surface area contributed by atoms with Crippen LogP contribution in [0.4, 0.5) is 4.79 Å². The Hall–Kier alpha value is -2.69. The predicted octanol–water partition coefficient (Wildman–Crippen LogP) is 2.91. The summed E-state index contributed by atoms with van der Waals surface area (Å²) in [5.74, 6) is -6.95. The van der Waals surface area contributed by atoms with Crippen LogP contribution in [0.2, 0.25) is 0 Å². The Morgan fingerprint density at radius 1 is 1.19 bits per heavy atom. The number of benzene rings is 1. The Bertz CT molecular complexity index is 1330. The van der Waals surface area contributed by atoms with Gasteiger partial charge in [0.05, 0.1) is 17.3 Å². The van der Waals surface area contributed by atoms with Crippen LogP contribution in [-0.2, 0) is 25.6 Å². The molecular formula is C25H22BrCl2N3O6. The van der Waals surface area contributed by atoms with Gasteiger partial charge in [0.25, 0.3) is 11.8 Å². The summed E-state index contributed by atoms with van der Waals surface area (Å²) in [4.78, 5) is 62.7. The lowest BCUT2D eigenvalue weighted by Crippen LogP contribution is -2.60. The molecule has 5 rings (SSSR count). The average Bonchev–Trinajstić information content (AvgIpc) is 3.19. The molecule has 0 radical (unpaired) electrons. The number of likely N-dealkylation sites (tertiary alicyclic amines) is 2. The van der Waals surface area contributed by atoms with Crippen molar-refractivity contribution in [1.82, 2.24) is 9.80 Å². The van der Waals surface area contributed by atoms with E-state index in [4.69, 9.17) is 28.9 Å². The van der Waals surface area contributed by atoms with Crippen LogP contribution in [0.1, 0.15) is 29.9 Å². The van der Waals surface area contributed by atoms with Gasteiger partial charge in [0, 0.05) is 11.5 Å². The number of nitrogens with two attached hydrogens (primary N) is 1. The minimum atomic E-state index is -2.03. The molecule has 1 aromatic rings. The minimum absolute atomic E-state index is 0.0843. The number of hydrogen-bond acceptors (Lipinski definition) is 6. The number of carbonyl (C=O) groups excluding carboxylic acids is 5. The van der Waals surface area contributed by atoms with Gasteiger partial charge in [-0.05, 0) is 30.7 Å². The number of rotatable bonds is 4. The fraction of sp³-hybridized carbons (Fsp3) is 0.400. The number of aromatic hydroxyl groups is 1. The van der Waals surface area contributed by atoms with Crippen LogP contribution in [0.5, 0.6) is 5.75 Å². The number of imide groups is 4. The zero-order valence-corrected chi connectivity index (χ0v) is 22.4. The molecule has 4 aliphatic rings. The number of primary amides is 1. The van der Waals surface area contributed by atoms with Crippen LogP contribution in [0.3, 0.4) is 0 Å². The first-order valence-corrected chi connectivity index (χ1v) is 13.4. The van der Waals surface area contributed by atoms with E-state index in [0.29, 0.717) is 22.5 Å². The second-order valence-electron chi connectivity index (χ2n) is 9.68. The number of urea groups is 1. The fourth-order valence-corrected chi connectivity index (χ4v) is 7.90. The van der Waals surface area contributed by atoms with E-state index in [1.165, 1.54) is 0 Å². The molecule has 6 amide bonds. The number of halogens is 3. The zero-order chi connectivity index (χ0) is 27.0. The number of alkyl halides is 3. The van der Waals surface area contributed by atoms with Gasteiger partial charge < -0.3 is 10.8 Å².